The van der Waals surface area contributed by atoms with Crippen LogP contribution in [-0.4, -0.2) is 10.5 Å². The fourth-order valence-electron chi connectivity index (χ4n) is 6.20. The van der Waals surface area contributed by atoms with Crippen molar-refractivity contribution < 1.29 is 0 Å². The summed E-state index contributed by atoms with van der Waals surface area (Å²) in [5.41, 5.74) is 14.6. The zero-order valence-electron chi connectivity index (χ0n) is 24.0. The number of nitrogens with zero attached hydrogens (tertiary/aromatic N) is 2. The van der Waals surface area contributed by atoms with Gasteiger partial charge in [-0.25, -0.2) is 4.99 Å². The summed E-state index contributed by atoms with van der Waals surface area (Å²) >= 11 is 1.86. The maximum atomic E-state index is 6.92. The molecule has 0 aliphatic rings. The molecule has 2 N–H and O–H groups in total. The molecule has 2 heterocycles. The minimum atomic E-state index is 0.443. The van der Waals surface area contributed by atoms with Gasteiger partial charge in [0, 0.05) is 30.9 Å². The second-order valence-corrected chi connectivity index (χ2v) is 12.0. The van der Waals surface area contributed by atoms with Crippen LogP contribution < -0.4 is 5.73 Å². The Morgan fingerprint density at radius 1 is 0.636 bits per heavy atom. The summed E-state index contributed by atoms with van der Waals surface area (Å²) in [6.07, 6.45) is 2.93. The highest BCUT2D eigenvalue weighted by molar-refractivity contribution is 7.26. The summed E-state index contributed by atoms with van der Waals surface area (Å²) in [5, 5.41) is 4.92. The maximum absolute atomic E-state index is 6.92. The molecule has 0 aliphatic carbocycles. The lowest BCUT2D eigenvalue weighted by Gasteiger charge is -2.10. The largest absolute Gasteiger partial charge is 0.369 e. The number of benzene rings is 6. The highest BCUT2D eigenvalue weighted by atomic mass is 32.1. The molecule has 6 aromatic carbocycles. The molecule has 3 nitrogen and oxygen atoms in total. The first kappa shape index (κ1) is 26.2. The van der Waals surface area contributed by atoms with E-state index in [-0.39, 0.29) is 0 Å². The number of para-hydroxylation sites is 1. The number of hydrogen-bond donors (Lipinski definition) is 1. The van der Waals surface area contributed by atoms with E-state index >= 15 is 0 Å². The number of aliphatic imine (C=N–C) groups is 1. The first-order valence-electron chi connectivity index (χ1n) is 14.8. The van der Waals surface area contributed by atoms with Crippen LogP contribution in [0.1, 0.15) is 11.1 Å². The number of nitrogens with two attached hydrogens (primary N) is 1. The van der Waals surface area contributed by atoms with Gasteiger partial charge in [-0.3, -0.25) is 4.57 Å². The molecule has 8 rings (SSSR count). The van der Waals surface area contributed by atoms with E-state index in [9.17, 15) is 0 Å². The molecule has 0 bridgehead atoms. The van der Waals surface area contributed by atoms with Crippen molar-refractivity contribution in [2.75, 3.05) is 0 Å². The third-order valence-corrected chi connectivity index (χ3v) is 9.52. The molecule has 0 saturated carbocycles. The smallest absolute Gasteiger partial charge is 0.205 e. The molecule has 44 heavy (non-hydrogen) atoms. The van der Waals surface area contributed by atoms with Crippen LogP contribution in [0, 0.1) is 0 Å². The van der Waals surface area contributed by atoms with Crippen molar-refractivity contribution in [2.45, 2.75) is 6.42 Å². The summed E-state index contributed by atoms with van der Waals surface area (Å²) in [6, 6.07) is 51.2. The van der Waals surface area contributed by atoms with Crippen molar-refractivity contribution >= 4 is 65.0 Å². The monoisotopic (exact) mass is 583 g/mol. The summed E-state index contributed by atoms with van der Waals surface area (Å²) in [7, 11) is 0. The van der Waals surface area contributed by atoms with Crippen molar-refractivity contribution in [2.24, 2.45) is 10.7 Å². The third-order valence-electron chi connectivity index (χ3n) is 8.30. The maximum Gasteiger partial charge on any atom is 0.205 e. The Labute approximate surface area is 259 Å². The second-order valence-electron chi connectivity index (χ2n) is 11.0. The van der Waals surface area contributed by atoms with E-state index in [2.05, 4.69) is 132 Å². The predicted molar refractivity (Wildman–Crippen MR) is 189 cm³/mol. The van der Waals surface area contributed by atoms with E-state index in [1.54, 1.807) is 0 Å². The molecule has 0 saturated heterocycles. The van der Waals surface area contributed by atoms with E-state index in [1.807, 2.05) is 35.6 Å². The summed E-state index contributed by atoms with van der Waals surface area (Å²) < 4.78 is 4.72. The highest BCUT2D eigenvalue weighted by Crippen LogP contribution is 2.41. The molecule has 0 spiro atoms. The van der Waals surface area contributed by atoms with Gasteiger partial charge in [0.05, 0.1) is 16.7 Å². The molecule has 0 atom stereocenters. The molecule has 8 aromatic rings. The average molecular weight is 584 g/mol. The Balaban J connectivity index is 1.28. The van der Waals surface area contributed by atoms with Crippen molar-refractivity contribution in [1.82, 2.24) is 4.57 Å². The summed E-state index contributed by atoms with van der Waals surface area (Å²) in [4.78, 5) is 5.07. The third kappa shape index (κ3) is 4.57. The number of allylic oxidation sites excluding steroid dienone is 1. The molecule has 4 heteroatoms. The van der Waals surface area contributed by atoms with Crippen molar-refractivity contribution in [3.8, 4) is 11.1 Å². The van der Waals surface area contributed by atoms with Gasteiger partial charge in [-0.1, -0.05) is 127 Å². The topological polar surface area (TPSA) is 43.3 Å². The van der Waals surface area contributed by atoms with Crippen LogP contribution in [0.15, 0.2) is 157 Å². The van der Waals surface area contributed by atoms with Gasteiger partial charge in [-0.05, 0) is 52.9 Å². The molecule has 0 unspecified atom stereocenters. The zero-order valence-corrected chi connectivity index (χ0v) is 24.8. The van der Waals surface area contributed by atoms with Gasteiger partial charge in [-0.15, -0.1) is 11.3 Å². The minimum Gasteiger partial charge on any atom is -0.369 e. The lowest BCUT2D eigenvalue weighted by molar-refractivity contribution is 1.21. The van der Waals surface area contributed by atoms with Gasteiger partial charge in [0.25, 0.3) is 0 Å². The van der Waals surface area contributed by atoms with Crippen molar-refractivity contribution in [3.63, 3.8) is 0 Å². The second kappa shape index (κ2) is 11.0. The van der Waals surface area contributed by atoms with Crippen LogP contribution in [0.25, 0.3) is 58.8 Å². The van der Waals surface area contributed by atoms with Gasteiger partial charge >= 0.3 is 0 Å². The molecular weight excluding hydrogens is 555 g/mol. The fraction of sp³-hybridized carbons (Fsp3) is 0.0250. The van der Waals surface area contributed by atoms with Gasteiger partial charge in [-0.2, -0.15) is 0 Å². The van der Waals surface area contributed by atoms with Crippen LogP contribution in [0.3, 0.4) is 0 Å². The van der Waals surface area contributed by atoms with E-state index in [1.165, 1.54) is 36.9 Å². The Hall–Kier alpha value is -5.45. The first-order valence-corrected chi connectivity index (χ1v) is 15.6. The van der Waals surface area contributed by atoms with Crippen LogP contribution in [0.2, 0.25) is 0 Å². The first-order chi connectivity index (χ1) is 21.7. The molecule has 0 amide bonds. The van der Waals surface area contributed by atoms with Crippen molar-refractivity contribution in [1.29, 1.82) is 0 Å². The molecule has 0 radical (unpaired) electrons. The SMILES string of the molecule is NC(=N/C(=C\Cc1ccccc1)c1ccccc1)n1c2ccccc2c2cc(-c3cccc4c3sc3ccccc34)ccc21. The number of rotatable bonds is 5. The van der Waals surface area contributed by atoms with E-state index in [0.717, 1.165) is 39.5 Å². The Bertz CT molecular complexity index is 2360. The van der Waals surface area contributed by atoms with Crippen molar-refractivity contribution in [3.05, 3.63) is 163 Å². The Morgan fingerprint density at radius 3 is 2.16 bits per heavy atom. The summed E-state index contributed by atoms with van der Waals surface area (Å²) in [5.74, 6) is 0.443. The van der Waals surface area contributed by atoms with E-state index in [4.69, 9.17) is 10.7 Å². The van der Waals surface area contributed by atoms with E-state index in [0.29, 0.717) is 5.96 Å². The lowest BCUT2D eigenvalue weighted by Crippen LogP contribution is -2.22. The normalized spacial score (nSPS) is 12.5. The van der Waals surface area contributed by atoms with Gasteiger partial charge in [0.1, 0.15) is 0 Å². The quantitative estimate of drug-likeness (QED) is 0.159. The van der Waals surface area contributed by atoms with Crippen LogP contribution in [0.4, 0.5) is 0 Å². The Morgan fingerprint density at radius 2 is 1.32 bits per heavy atom. The van der Waals surface area contributed by atoms with Gasteiger partial charge in [0.2, 0.25) is 5.96 Å². The van der Waals surface area contributed by atoms with E-state index < -0.39 is 0 Å². The number of hydrogen-bond acceptors (Lipinski definition) is 2. The van der Waals surface area contributed by atoms with Crippen LogP contribution in [0.5, 0.6) is 0 Å². The van der Waals surface area contributed by atoms with Crippen LogP contribution in [-0.2, 0) is 6.42 Å². The lowest BCUT2D eigenvalue weighted by atomic mass is 10.0. The average Bonchev–Trinajstić information content (AvgIpc) is 3.63. The molecule has 0 aliphatic heterocycles. The molecule has 210 valence electrons. The number of aromatic nitrogens is 1. The Kier molecular flexibility index (Phi) is 6.55. The minimum absolute atomic E-state index is 0.443. The highest BCUT2D eigenvalue weighted by Gasteiger charge is 2.16. The molecule has 0 fully saturated rings. The van der Waals surface area contributed by atoms with Crippen LogP contribution >= 0.6 is 11.3 Å². The molecular formula is C40H29N3S. The number of thiophene rings is 1. The number of fused-ring (bicyclic) bond motifs is 6. The molecule has 2 aromatic heterocycles. The fourth-order valence-corrected chi connectivity index (χ4v) is 7.44. The standard InChI is InChI=1S/C40H29N3S/c41-40(42-35(28-14-5-2-6-15-28)24-22-27-12-3-1-4-13-27)43-36-20-9-7-16-31(36)34-26-29(23-25-37(34)43)30-18-11-19-33-32-17-8-10-21-38(32)44-39(30)33/h1-21,23-26H,22H2,(H2,41,42)/b35-24-. The zero-order chi connectivity index (χ0) is 29.5. The van der Waals surface area contributed by atoms with Gasteiger partial charge in [0.15, 0.2) is 0 Å². The van der Waals surface area contributed by atoms with Gasteiger partial charge < -0.3 is 5.73 Å². The summed E-state index contributed by atoms with van der Waals surface area (Å²) in [6.45, 7) is 0. The predicted octanol–water partition coefficient (Wildman–Crippen LogP) is 10.3.